The number of nitrogens with one attached hydrogen (secondary N) is 1. The minimum Gasteiger partial charge on any atom is -0.366 e. The average molecular weight is 336 g/mol. The number of ketones is 1. The highest BCUT2D eigenvalue weighted by Gasteiger charge is 2.10. The Bertz CT molecular complexity index is 503. The largest absolute Gasteiger partial charge is 0.366 e. The molecule has 0 unspecified atom stereocenters. The molecule has 1 heterocycles. The van der Waals surface area contributed by atoms with Crippen LogP contribution in [0.4, 0.5) is 0 Å². The maximum Gasteiger partial charge on any atom is 0.181 e. The third-order valence-corrected chi connectivity index (χ3v) is 3.81. The molecule has 2 rings (SSSR count). The van der Waals surface area contributed by atoms with Crippen molar-refractivity contribution in [3.8, 4) is 0 Å². The lowest BCUT2D eigenvalue weighted by Crippen LogP contribution is -2.29. The molecule has 0 radical (unpaired) electrons. The highest BCUT2D eigenvalue weighted by atomic mass is 35.5. The monoisotopic (exact) mass is 334 g/mol. The second kappa shape index (κ2) is 8.50. The van der Waals surface area contributed by atoms with Gasteiger partial charge in [0.15, 0.2) is 5.78 Å². The van der Waals surface area contributed by atoms with Crippen molar-refractivity contribution < 1.29 is 4.79 Å². The summed E-state index contributed by atoms with van der Waals surface area (Å²) in [5.41, 5.74) is 0.566. The molecule has 0 saturated carbocycles. The van der Waals surface area contributed by atoms with Crippen LogP contribution in [0.5, 0.6) is 0 Å². The molecule has 6 heteroatoms. The van der Waals surface area contributed by atoms with Crippen LogP contribution in [0.3, 0.4) is 0 Å². The number of rotatable bonds is 3. The van der Waals surface area contributed by atoms with Crippen LogP contribution in [0.15, 0.2) is 23.2 Å². The number of halogens is 3. The number of benzene rings is 1. The molecule has 0 bridgehead atoms. The predicted molar refractivity (Wildman–Crippen MR) is 86.8 cm³/mol. The Kier molecular flexibility index (Phi) is 7.35. The van der Waals surface area contributed by atoms with E-state index in [0.29, 0.717) is 15.6 Å². The highest BCUT2D eigenvalue weighted by molar-refractivity contribution is 6.42. The Morgan fingerprint density at radius 1 is 1.20 bits per heavy atom. The van der Waals surface area contributed by atoms with Crippen molar-refractivity contribution in [3.05, 3.63) is 33.8 Å². The van der Waals surface area contributed by atoms with Gasteiger partial charge in [-0.05, 0) is 31.0 Å². The van der Waals surface area contributed by atoms with Crippen LogP contribution in [-0.2, 0) is 0 Å². The zero-order valence-corrected chi connectivity index (χ0v) is 13.3. The van der Waals surface area contributed by atoms with Gasteiger partial charge in [-0.15, -0.1) is 12.4 Å². The lowest BCUT2D eigenvalue weighted by molar-refractivity contribution is 0.0996. The van der Waals surface area contributed by atoms with Gasteiger partial charge in [0.1, 0.15) is 0 Å². The molecule has 0 fully saturated rings. The molecule has 1 N–H and O–H groups in total. The third kappa shape index (κ3) is 4.97. The van der Waals surface area contributed by atoms with Crippen LogP contribution in [-0.4, -0.2) is 24.7 Å². The van der Waals surface area contributed by atoms with Crippen LogP contribution in [0.1, 0.15) is 36.0 Å². The van der Waals surface area contributed by atoms with E-state index in [4.69, 9.17) is 23.2 Å². The summed E-state index contributed by atoms with van der Waals surface area (Å²) in [4.78, 5) is 16.4. The van der Waals surface area contributed by atoms with Crippen molar-refractivity contribution in [1.82, 2.24) is 5.32 Å². The number of amidine groups is 1. The summed E-state index contributed by atoms with van der Waals surface area (Å²) in [5.74, 6) is 0.927. The molecule has 0 amide bonds. The van der Waals surface area contributed by atoms with Crippen LogP contribution in [0.25, 0.3) is 0 Å². The van der Waals surface area contributed by atoms with E-state index in [1.54, 1.807) is 18.2 Å². The number of nitrogens with zero attached hydrogens (tertiary/aromatic N) is 1. The molecule has 0 aliphatic carbocycles. The standard InChI is InChI=1S/C14H16Cl2N2O.ClH/c15-11-6-5-10(8-12(11)16)13(19)9-18-14-4-2-1-3-7-17-14;/h5-6,8H,1-4,7,9H2,(H,17,18);1H. The zero-order chi connectivity index (χ0) is 13.7. The lowest BCUT2D eigenvalue weighted by atomic mass is 10.1. The summed E-state index contributed by atoms with van der Waals surface area (Å²) in [6.07, 6.45) is 4.39. The van der Waals surface area contributed by atoms with Gasteiger partial charge in [-0.25, -0.2) is 0 Å². The SMILES string of the molecule is Cl.O=C(CNC1=NCCCCC1)c1ccc(Cl)c(Cl)c1. The van der Waals surface area contributed by atoms with Crippen molar-refractivity contribution in [2.45, 2.75) is 25.7 Å². The fourth-order valence-electron chi connectivity index (χ4n) is 1.97. The predicted octanol–water partition coefficient (Wildman–Crippen LogP) is 4.16. The highest BCUT2D eigenvalue weighted by Crippen LogP contribution is 2.22. The fourth-order valence-corrected chi connectivity index (χ4v) is 2.27. The van der Waals surface area contributed by atoms with E-state index in [1.807, 2.05) is 0 Å². The van der Waals surface area contributed by atoms with Crippen LogP contribution < -0.4 is 5.32 Å². The number of carbonyl (C=O) groups is 1. The number of aliphatic imine (C=N–C) groups is 1. The van der Waals surface area contributed by atoms with Crippen molar-refractivity contribution >= 4 is 47.2 Å². The molecule has 1 aromatic rings. The van der Waals surface area contributed by atoms with Crippen LogP contribution >= 0.6 is 35.6 Å². The fraction of sp³-hybridized carbons (Fsp3) is 0.429. The molecule has 0 atom stereocenters. The summed E-state index contributed by atoms with van der Waals surface area (Å²) in [7, 11) is 0. The first-order valence-corrected chi connectivity index (χ1v) is 7.18. The maximum absolute atomic E-state index is 12.0. The van der Waals surface area contributed by atoms with Gasteiger partial charge in [-0.1, -0.05) is 29.6 Å². The Morgan fingerprint density at radius 3 is 2.75 bits per heavy atom. The van der Waals surface area contributed by atoms with Crippen molar-refractivity contribution in [2.24, 2.45) is 4.99 Å². The molecule has 0 saturated heterocycles. The van der Waals surface area contributed by atoms with E-state index in [2.05, 4.69) is 10.3 Å². The van der Waals surface area contributed by atoms with Gasteiger partial charge in [0, 0.05) is 18.5 Å². The summed E-state index contributed by atoms with van der Waals surface area (Å²) < 4.78 is 0. The Hall–Kier alpha value is -0.770. The summed E-state index contributed by atoms with van der Waals surface area (Å²) in [6.45, 7) is 1.10. The topological polar surface area (TPSA) is 41.5 Å². The molecule has 0 aromatic heterocycles. The van der Waals surface area contributed by atoms with Gasteiger partial charge in [0.25, 0.3) is 0 Å². The minimum atomic E-state index is -0.00878. The molecule has 0 spiro atoms. The number of hydrogen-bond donors (Lipinski definition) is 1. The van der Waals surface area contributed by atoms with Gasteiger partial charge in [0.2, 0.25) is 0 Å². The second-order valence-corrected chi connectivity index (χ2v) is 5.36. The summed E-state index contributed by atoms with van der Waals surface area (Å²) in [5, 5.41) is 3.98. The molecule has 20 heavy (non-hydrogen) atoms. The van der Waals surface area contributed by atoms with E-state index in [0.717, 1.165) is 31.6 Å². The Morgan fingerprint density at radius 2 is 2.00 bits per heavy atom. The first kappa shape index (κ1) is 17.3. The van der Waals surface area contributed by atoms with Crippen LogP contribution in [0, 0.1) is 0 Å². The smallest absolute Gasteiger partial charge is 0.181 e. The normalized spacial score (nSPS) is 14.8. The quantitative estimate of drug-likeness (QED) is 0.843. The van der Waals surface area contributed by atoms with E-state index in [1.165, 1.54) is 6.42 Å². The molecule has 1 aromatic carbocycles. The average Bonchev–Trinajstić information content (AvgIpc) is 2.67. The van der Waals surface area contributed by atoms with Gasteiger partial charge < -0.3 is 5.32 Å². The van der Waals surface area contributed by atoms with Crippen molar-refractivity contribution in [1.29, 1.82) is 0 Å². The van der Waals surface area contributed by atoms with Gasteiger partial charge in [0.05, 0.1) is 22.4 Å². The maximum atomic E-state index is 12.0. The third-order valence-electron chi connectivity index (χ3n) is 3.07. The zero-order valence-electron chi connectivity index (χ0n) is 11.0. The molecule has 3 nitrogen and oxygen atoms in total. The second-order valence-electron chi connectivity index (χ2n) is 4.54. The number of carbonyl (C=O) groups excluding carboxylic acids is 1. The number of Topliss-reactive ketones (excluding diaryl/α,β-unsaturated/α-hetero) is 1. The first-order chi connectivity index (χ1) is 9.16. The van der Waals surface area contributed by atoms with Gasteiger partial charge in [-0.2, -0.15) is 0 Å². The molecular weight excluding hydrogens is 319 g/mol. The Labute approximate surface area is 135 Å². The van der Waals surface area contributed by atoms with E-state index in [-0.39, 0.29) is 24.7 Å². The molecule has 1 aliphatic rings. The summed E-state index contributed by atoms with van der Waals surface area (Å²) in [6, 6.07) is 4.93. The number of hydrogen-bond acceptors (Lipinski definition) is 3. The summed E-state index contributed by atoms with van der Waals surface area (Å²) >= 11 is 11.7. The first-order valence-electron chi connectivity index (χ1n) is 6.42. The molecular formula is C14H17Cl3N2O. The minimum absolute atomic E-state index is 0. The van der Waals surface area contributed by atoms with Gasteiger partial charge in [-0.3, -0.25) is 9.79 Å². The van der Waals surface area contributed by atoms with E-state index >= 15 is 0 Å². The van der Waals surface area contributed by atoms with Crippen molar-refractivity contribution in [2.75, 3.05) is 13.1 Å². The Balaban J connectivity index is 0.00000200. The molecule has 1 aliphatic heterocycles. The lowest BCUT2D eigenvalue weighted by Gasteiger charge is -2.08. The molecule has 110 valence electrons. The van der Waals surface area contributed by atoms with Crippen molar-refractivity contribution in [3.63, 3.8) is 0 Å². The van der Waals surface area contributed by atoms with Gasteiger partial charge >= 0.3 is 0 Å². The van der Waals surface area contributed by atoms with E-state index in [9.17, 15) is 4.79 Å². The van der Waals surface area contributed by atoms with Crippen LogP contribution in [0.2, 0.25) is 10.0 Å². The van der Waals surface area contributed by atoms with E-state index < -0.39 is 0 Å².